The summed E-state index contributed by atoms with van der Waals surface area (Å²) in [5, 5.41) is 1.18. The van der Waals surface area contributed by atoms with Crippen molar-refractivity contribution in [3.05, 3.63) is 35.5 Å². The van der Waals surface area contributed by atoms with Gasteiger partial charge >= 0.3 is 58.2 Å². The molecule has 0 fully saturated rings. The zero-order chi connectivity index (χ0) is 7.84. The summed E-state index contributed by atoms with van der Waals surface area (Å²) >= 11 is 0. The molecule has 0 aliphatic carbocycles. The summed E-state index contributed by atoms with van der Waals surface area (Å²) in [5.74, 6) is 0. The van der Waals surface area contributed by atoms with Gasteiger partial charge in [-0.25, -0.2) is 0 Å². The number of hydrogen-bond donors (Lipinski definition) is 1. The van der Waals surface area contributed by atoms with Gasteiger partial charge in [0.05, 0.1) is 0 Å². The third-order valence-electron chi connectivity index (χ3n) is 1.82. The second-order valence-corrected chi connectivity index (χ2v) is 2.92. The quantitative estimate of drug-likeness (QED) is 0.592. The Hall–Kier alpha value is 0.565. The molecule has 1 nitrogen and oxygen atoms in total. The average Bonchev–Trinajstić information content (AvgIpc) is 2.27. The average molecular weight is 230 g/mol. The van der Waals surface area contributed by atoms with Gasteiger partial charge in [0.1, 0.15) is 0 Å². The van der Waals surface area contributed by atoms with Crippen molar-refractivity contribution in [2.24, 2.45) is 0 Å². The van der Waals surface area contributed by atoms with Gasteiger partial charge in [0.25, 0.3) is 0 Å². The largest absolute Gasteiger partial charge is 1.00 e. The molecule has 2 heteroatoms. The van der Waals surface area contributed by atoms with Crippen molar-refractivity contribution in [3.8, 4) is 0 Å². The number of aromatic amines is 1. The van der Waals surface area contributed by atoms with Gasteiger partial charge in [-0.3, -0.25) is 0 Å². The second-order valence-electron chi connectivity index (χ2n) is 2.92. The van der Waals surface area contributed by atoms with Crippen LogP contribution in [0.2, 0.25) is 0 Å². The molecule has 0 unspecified atom stereocenters. The maximum atomic E-state index is 3.24. The maximum Gasteiger partial charge on any atom is 1.00 e. The zero-order valence-corrected chi connectivity index (χ0v) is 12.6. The van der Waals surface area contributed by atoms with E-state index in [0.29, 0.717) is 0 Å². The van der Waals surface area contributed by atoms with Crippen LogP contribution in [0.25, 0.3) is 10.9 Å². The number of fused-ring (bicyclic) bond motifs is 1. The van der Waals surface area contributed by atoms with Crippen molar-refractivity contribution in [1.29, 1.82) is 0 Å². The number of aromatic nitrogens is 1. The predicted octanol–water partition coefficient (Wildman–Crippen LogP) is -0.411. The summed E-state index contributed by atoms with van der Waals surface area (Å²) in [6.07, 6.45) is 0. The Balaban J connectivity index is 0.000000720. The molecule has 1 aromatic carbocycles. The molecule has 0 saturated carbocycles. The normalized spacial score (nSPS) is 9.83. The molecule has 0 radical (unpaired) electrons. The van der Waals surface area contributed by atoms with Gasteiger partial charge < -0.3 is 4.98 Å². The first kappa shape index (κ1) is 10.6. The first-order valence-corrected chi connectivity index (χ1v) is 3.74. The molecule has 56 valence electrons. The predicted molar refractivity (Wildman–Crippen MR) is 46.6 cm³/mol. The number of rotatable bonds is 0. The molecule has 0 spiro atoms. The first-order chi connectivity index (χ1) is 5.25. The van der Waals surface area contributed by atoms with Crippen LogP contribution in [-0.4, -0.2) is 4.98 Å². The van der Waals surface area contributed by atoms with E-state index < -0.39 is 0 Å². The molecule has 1 aromatic heterocycles. The van der Waals surface area contributed by atoms with Gasteiger partial charge in [0.2, 0.25) is 0 Å². The van der Waals surface area contributed by atoms with Crippen LogP contribution in [0, 0.1) is 19.9 Å². The molecule has 0 aliphatic rings. The number of benzene rings is 1. The van der Waals surface area contributed by atoms with Gasteiger partial charge in [-0.1, -0.05) is 30.3 Å². The van der Waals surface area contributed by atoms with Gasteiger partial charge in [0.15, 0.2) is 0 Å². The van der Waals surface area contributed by atoms with E-state index in [1.54, 1.807) is 0 Å². The van der Waals surface area contributed by atoms with E-state index in [4.69, 9.17) is 0 Å². The minimum Gasteiger partial charge on any atom is -0.422 e. The third-order valence-corrected chi connectivity index (χ3v) is 1.82. The Bertz CT molecular complexity index is 390. The Morgan fingerprint density at radius 1 is 1.25 bits per heavy atom. The van der Waals surface area contributed by atoms with Gasteiger partial charge in [0, 0.05) is 0 Å². The molecule has 2 aromatic rings. The molecule has 12 heavy (non-hydrogen) atoms. The monoisotopic (exact) mass is 229 g/mol. The molecular formula is C10H10NRb. The van der Waals surface area contributed by atoms with Crippen molar-refractivity contribution in [2.45, 2.75) is 13.8 Å². The first-order valence-electron chi connectivity index (χ1n) is 3.74. The van der Waals surface area contributed by atoms with Crippen LogP contribution >= 0.6 is 0 Å². The fraction of sp³-hybridized carbons (Fsp3) is 0.200. The van der Waals surface area contributed by atoms with Crippen LogP contribution in [0.3, 0.4) is 0 Å². The Morgan fingerprint density at radius 2 is 2.00 bits per heavy atom. The Kier molecular flexibility index (Phi) is 3.71. The van der Waals surface area contributed by atoms with E-state index in [1.165, 1.54) is 16.5 Å². The van der Waals surface area contributed by atoms with E-state index in [9.17, 15) is 0 Å². The molecule has 0 amide bonds. The van der Waals surface area contributed by atoms with Gasteiger partial charge in [-0.2, -0.15) is 17.5 Å². The molecule has 1 N–H and O–H groups in total. The topological polar surface area (TPSA) is 15.8 Å². The van der Waals surface area contributed by atoms with Crippen LogP contribution in [0.4, 0.5) is 0 Å². The molecule has 1 heterocycles. The summed E-state index contributed by atoms with van der Waals surface area (Å²) in [4.78, 5) is 3.23. The SMILES string of the molecule is Cc1ccc2[nH]c(C)[c-]c2c1.[Rb+]. The van der Waals surface area contributed by atoms with Crippen molar-refractivity contribution >= 4 is 10.9 Å². The standard InChI is InChI=1S/C10H10N.Rb/c1-7-3-4-10-9(5-7)6-8(2)11-10;/h3-5,11H,1-2H3;/q-1;+1. The summed E-state index contributed by atoms with van der Waals surface area (Å²) in [7, 11) is 0. The van der Waals surface area contributed by atoms with Crippen LogP contribution in [0.5, 0.6) is 0 Å². The second kappa shape index (κ2) is 4.18. The summed E-state index contributed by atoms with van der Waals surface area (Å²) in [6, 6.07) is 9.58. The maximum absolute atomic E-state index is 3.24. The number of aryl methyl sites for hydroxylation is 2. The fourth-order valence-electron chi connectivity index (χ4n) is 1.31. The summed E-state index contributed by atoms with van der Waals surface area (Å²) in [5.41, 5.74) is 3.56. The van der Waals surface area contributed by atoms with Crippen LogP contribution in [0.15, 0.2) is 18.2 Å². The fourth-order valence-corrected chi connectivity index (χ4v) is 1.31. The number of nitrogens with one attached hydrogen (secondary N) is 1. The van der Waals surface area contributed by atoms with Crippen molar-refractivity contribution in [1.82, 2.24) is 4.98 Å². The van der Waals surface area contributed by atoms with E-state index in [1.807, 2.05) is 6.92 Å². The molecule has 0 saturated heterocycles. The Labute approximate surface area is 121 Å². The van der Waals surface area contributed by atoms with Crippen molar-refractivity contribution in [2.75, 3.05) is 0 Å². The molecule has 2 rings (SSSR count). The van der Waals surface area contributed by atoms with E-state index in [0.717, 1.165) is 5.69 Å². The van der Waals surface area contributed by atoms with Gasteiger partial charge in [-0.05, 0) is 6.92 Å². The number of hydrogen-bond acceptors (Lipinski definition) is 0. The molecule has 0 bridgehead atoms. The smallest absolute Gasteiger partial charge is 0.422 e. The minimum atomic E-state index is 0. The van der Waals surface area contributed by atoms with Crippen molar-refractivity contribution in [3.63, 3.8) is 0 Å². The molecule has 0 aliphatic heterocycles. The van der Waals surface area contributed by atoms with E-state index >= 15 is 0 Å². The number of H-pyrrole nitrogens is 1. The molecule has 0 atom stereocenters. The van der Waals surface area contributed by atoms with Gasteiger partial charge in [-0.15, -0.1) is 5.56 Å². The van der Waals surface area contributed by atoms with E-state index in [2.05, 4.69) is 36.2 Å². The Morgan fingerprint density at radius 3 is 2.75 bits per heavy atom. The van der Waals surface area contributed by atoms with E-state index in [-0.39, 0.29) is 58.2 Å². The summed E-state index contributed by atoms with van der Waals surface area (Å²) < 4.78 is 0. The summed E-state index contributed by atoms with van der Waals surface area (Å²) in [6.45, 7) is 4.12. The zero-order valence-electron chi connectivity index (χ0n) is 7.73. The third kappa shape index (κ3) is 2.08. The van der Waals surface area contributed by atoms with Crippen LogP contribution in [-0.2, 0) is 0 Å². The van der Waals surface area contributed by atoms with Crippen LogP contribution in [0.1, 0.15) is 11.3 Å². The minimum absolute atomic E-state index is 0. The van der Waals surface area contributed by atoms with Crippen molar-refractivity contribution < 1.29 is 58.2 Å². The van der Waals surface area contributed by atoms with Crippen LogP contribution < -0.4 is 58.2 Å². The molecular weight excluding hydrogens is 220 g/mol.